The van der Waals surface area contributed by atoms with Gasteiger partial charge in [0.2, 0.25) is 0 Å². The third-order valence-electron chi connectivity index (χ3n) is 2.95. The van der Waals surface area contributed by atoms with Crippen molar-refractivity contribution < 1.29 is 4.74 Å². The Hall–Kier alpha value is -2.31. The molecule has 0 atom stereocenters. The minimum atomic E-state index is 0.489. The Morgan fingerprint density at radius 1 is 1.05 bits per heavy atom. The normalized spacial score (nSPS) is 10.3. The fourth-order valence-corrected chi connectivity index (χ4v) is 2.93. The molecular weight excluding hydrogens is 254 g/mol. The molecule has 0 spiro atoms. The third-order valence-corrected chi connectivity index (χ3v) is 3.96. The molecule has 1 heterocycles. The summed E-state index contributed by atoms with van der Waals surface area (Å²) in [6.07, 6.45) is 0. The van der Waals surface area contributed by atoms with Gasteiger partial charge in [-0.05, 0) is 29.0 Å². The largest absolute Gasteiger partial charge is 0.487 e. The highest BCUT2D eigenvalue weighted by atomic mass is 32.1. The molecule has 2 nitrogen and oxygen atoms in total. The van der Waals surface area contributed by atoms with Gasteiger partial charge in [0, 0.05) is 10.3 Å². The van der Waals surface area contributed by atoms with Crippen LogP contribution in [-0.2, 0) is 6.61 Å². The number of ether oxygens (including phenoxy) is 1. The Bertz CT molecular complexity index is 755. The van der Waals surface area contributed by atoms with Crippen LogP contribution in [0.3, 0.4) is 0 Å². The van der Waals surface area contributed by atoms with Crippen LogP contribution in [0.25, 0.3) is 10.1 Å². The number of benzene rings is 2. The summed E-state index contributed by atoms with van der Waals surface area (Å²) in [6, 6.07) is 17.7. The molecule has 0 bridgehead atoms. The lowest BCUT2D eigenvalue weighted by atomic mass is 10.2. The summed E-state index contributed by atoms with van der Waals surface area (Å²) in [4.78, 5) is 0. The Morgan fingerprint density at radius 3 is 2.74 bits per heavy atom. The molecule has 0 amide bonds. The van der Waals surface area contributed by atoms with Gasteiger partial charge in [-0.2, -0.15) is 5.26 Å². The second-order valence-electron chi connectivity index (χ2n) is 4.15. The maximum Gasteiger partial charge on any atom is 0.137 e. The number of para-hydroxylation sites is 1. The van der Waals surface area contributed by atoms with E-state index in [1.807, 2.05) is 30.3 Å². The van der Waals surface area contributed by atoms with Crippen molar-refractivity contribution in [1.29, 1.82) is 5.26 Å². The first-order valence-corrected chi connectivity index (χ1v) is 6.83. The zero-order chi connectivity index (χ0) is 13.1. The highest BCUT2D eigenvalue weighted by Gasteiger charge is 2.06. The molecule has 3 rings (SSSR count). The highest BCUT2D eigenvalue weighted by Crippen LogP contribution is 2.27. The zero-order valence-corrected chi connectivity index (χ0v) is 11.0. The van der Waals surface area contributed by atoms with E-state index in [9.17, 15) is 0 Å². The van der Waals surface area contributed by atoms with Crippen LogP contribution in [0.1, 0.15) is 11.1 Å². The number of hydrogen-bond acceptors (Lipinski definition) is 3. The van der Waals surface area contributed by atoms with E-state index in [1.165, 1.54) is 10.1 Å². The van der Waals surface area contributed by atoms with E-state index in [2.05, 4.69) is 23.6 Å². The monoisotopic (exact) mass is 265 g/mol. The molecule has 0 aliphatic carbocycles. The SMILES string of the molecule is N#Cc1ccccc1OCc1csc2ccccc12. The van der Waals surface area contributed by atoms with Crippen LogP contribution in [0.4, 0.5) is 0 Å². The molecule has 0 fully saturated rings. The van der Waals surface area contributed by atoms with Crippen LogP contribution in [0.2, 0.25) is 0 Å². The van der Waals surface area contributed by atoms with Gasteiger partial charge < -0.3 is 4.74 Å². The van der Waals surface area contributed by atoms with E-state index in [0.717, 1.165) is 5.56 Å². The Balaban J connectivity index is 1.85. The van der Waals surface area contributed by atoms with Crippen molar-refractivity contribution in [3.8, 4) is 11.8 Å². The van der Waals surface area contributed by atoms with E-state index in [1.54, 1.807) is 17.4 Å². The van der Waals surface area contributed by atoms with Gasteiger partial charge in [0.1, 0.15) is 18.4 Å². The lowest BCUT2D eigenvalue weighted by molar-refractivity contribution is 0.307. The number of hydrogen-bond donors (Lipinski definition) is 0. The number of nitriles is 1. The minimum Gasteiger partial charge on any atom is -0.487 e. The summed E-state index contributed by atoms with van der Waals surface area (Å²) >= 11 is 1.71. The first-order chi connectivity index (χ1) is 9.38. The standard InChI is InChI=1S/C16H11NOS/c17-9-12-5-1-3-7-15(12)18-10-13-11-19-16-8-4-2-6-14(13)16/h1-8,11H,10H2. The molecule has 92 valence electrons. The maximum atomic E-state index is 9.02. The van der Waals surface area contributed by atoms with Gasteiger partial charge in [-0.25, -0.2) is 0 Å². The van der Waals surface area contributed by atoms with Gasteiger partial charge in [-0.1, -0.05) is 30.3 Å². The Morgan fingerprint density at radius 2 is 1.84 bits per heavy atom. The van der Waals surface area contributed by atoms with Gasteiger partial charge >= 0.3 is 0 Å². The molecule has 1 aromatic heterocycles. The molecule has 3 heteroatoms. The minimum absolute atomic E-state index is 0.489. The van der Waals surface area contributed by atoms with E-state index in [4.69, 9.17) is 10.00 Å². The maximum absolute atomic E-state index is 9.02. The van der Waals surface area contributed by atoms with Crippen LogP contribution < -0.4 is 4.74 Å². The molecule has 0 saturated heterocycles. The van der Waals surface area contributed by atoms with E-state index in [0.29, 0.717) is 17.9 Å². The van der Waals surface area contributed by atoms with E-state index < -0.39 is 0 Å². The molecule has 0 aliphatic rings. The van der Waals surface area contributed by atoms with Crippen LogP contribution in [0.5, 0.6) is 5.75 Å². The lowest BCUT2D eigenvalue weighted by Crippen LogP contribution is -1.96. The van der Waals surface area contributed by atoms with E-state index in [-0.39, 0.29) is 0 Å². The molecule has 0 radical (unpaired) electrons. The van der Waals surface area contributed by atoms with Crippen LogP contribution in [0.15, 0.2) is 53.9 Å². The predicted octanol–water partition coefficient (Wildman–Crippen LogP) is 4.35. The number of thiophene rings is 1. The average molecular weight is 265 g/mol. The van der Waals surface area contributed by atoms with Crippen molar-refractivity contribution in [2.75, 3.05) is 0 Å². The Labute approximate surface area is 115 Å². The molecule has 3 aromatic rings. The van der Waals surface area contributed by atoms with Crippen molar-refractivity contribution in [3.05, 3.63) is 65.0 Å². The fraction of sp³-hybridized carbons (Fsp3) is 0.0625. The van der Waals surface area contributed by atoms with Gasteiger partial charge in [-0.15, -0.1) is 11.3 Å². The van der Waals surface area contributed by atoms with Gasteiger partial charge in [-0.3, -0.25) is 0 Å². The van der Waals surface area contributed by atoms with Crippen molar-refractivity contribution >= 4 is 21.4 Å². The summed E-state index contributed by atoms with van der Waals surface area (Å²) in [5.41, 5.74) is 1.73. The topological polar surface area (TPSA) is 33.0 Å². The second kappa shape index (κ2) is 5.13. The number of nitrogens with zero attached hydrogens (tertiary/aromatic N) is 1. The quantitative estimate of drug-likeness (QED) is 0.705. The summed E-state index contributed by atoms with van der Waals surface area (Å²) in [7, 11) is 0. The average Bonchev–Trinajstić information content (AvgIpc) is 2.89. The molecule has 0 unspecified atom stereocenters. The van der Waals surface area contributed by atoms with E-state index >= 15 is 0 Å². The van der Waals surface area contributed by atoms with Gasteiger partial charge in [0.05, 0.1) is 5.56 Å². The molecule has 2 aromatic carbocycles. The van der Waals surface area contributed by atoms with Gasteiger partial charge in [0.15, 0.2) is 0 Å². The van der Waals surface area contributed by atoms with Crippen LogP contribution in [0, 0.1) is 11.3 Å². The van der Waals surface area contributed by atoms with Crippen molar-refractivity contribution in [2.45, 2.75) is 6.61 Å². The highest BCUT2D eigenvalue weighted by molar-refractivity contribution is 7.17. The van der Waals surface area contributed by atoms with Gasteiger partial charge in [0.25, 0.3) is 0 Å². The predicted molar refractivity (Wildman–Crippen MR) is 77.3 cm³/mol. The molecular formula is C16H11NOS. The van der Waals surface area contributed by atoms with Crippen LogP contribution in [-0.4, -0.2) is 0 Å². The zero-order valence-electron chi connectivity index (χ0n) is 10.2. The molecule has 0 N–H and O–H groups in total. The summed E-state index contributed by atoms with van der Waals surface area (Å²) < 4.78 is 7.02. The van der Waals surface area contributed by atoms with Crippen LogP contribution >= 0.6 is 11.3 Å². The number of rotatable bonds is 3. The smallest absolute Gasteiger partial charge is 0.137 e. The first-order valence-electron chi connectivity index (χ1n) is 5.95. The molecule has 0 aliphatic heterocycles. The second-order valence-corrected chi connectivity index (χ2v) is 5.06. The molecule has 19 heavy (non-hydrogen) atoms. The summed E-state index contributed by atoms with van der Waals surface area (Å²) in [5, 5.41) is 12.4. The Kier molecular flexibility index (Phi) is 3.18. The first kappa shape index (κ1) is 11.8. The summed E-state index contributed by atoms with van der Waals surface area (Å²) in [5.74, 6) is 0.639. The van der Waals surface area contributed by atoms with Crippen molar-refractivity contribution in [2.24, 2.45) is 0 Å². The number of fused-ring (bicyclic) bond motifs is 1. The third kappa shape index (κ3) is 2.31. The van der Waals surface area contributed by atoms with Crippen molar-refractivity contribution in [3.63, 3.8) is 0 Å². The fourth-order valence-electron chi connectivity index (χ4n) is 1.98. The molecule has 0 saturated carbocycles. The summed E-state index contributed by atoms with van der Waals surface area (Å²) in [6.45, 7) is 0.489. The van der Waals surface area contributed by atoms with Crippen molar-refractivity contribution in [1.82, 2.24) is 0 Å². The lowest BCUT2D eigenvalue weighted by Gasteiger charge is -2.06.